The summed E-state index contributed by atoms with van der Waals surface area (Å²) in [5.74, 6) is -3.85. The van der Waals surface area contributed by atoms with Crippen LogP contribution in [0, 0.1) is 11.6 Å². The van der Waals surface area contributed by atoms with Crippen LogP contribution < -0.4 is 0 Å². The van der Waals surface area contributed by atoms with E-state index in [9.17, 15) is 18.4 Å². The minimum absolute atomic E-state index is 0.261. The van der Waals surface area contributed by atoms with Gasteiger partial charge in [-0.25, -0.2) is 8.78 Å². The number of fused-ring (bicyclic) bond motifs is 1. The molecule has 0 saturated carbocycles. The lowest BCUT2D eigenvalue weighted by Gasteiger charge is -2.14. The number of hydrogen-bond donors (Lipinski definition) is 1. The van der Waals surface area contributed by atoms with Crippen LogP contribution in [0.1, 0.15) is 28.3 Å². The highest BCUT2D eigenvalue weighted by Gasteiger charge is 2.28. The van der Waals surface area contributed by atoms with Crippen molar-refractivity contribution < 1.29 is 23.1 Å². The van der Waals surface area contributed by atoms with Gasteiger partial charge in [-0.1, -0.05) is 22.0 Å². The van der Waals surface area contributed by atoms with Crippen molar-refractivity contribution >= 4 is 38.6 Å². The fourth-order valence-corrected chi connectivity index (χ4v) is 3.24. The Balaban J connectivity index is 1.98. The molecule has 1 atom stereocenters. The highest BCUT2D eigenvalue weighted by Crippen LogP contribution is 2.31. The fraction of sp³-hybridized carbons (Fsp3) is 0.158. The summed E-state index contributed by atoms with van der Waals surface area (Å²) >= 11 is 3.37. The predicted molar refractivity (Wildman–Crippen MR) is 96.1 cm³/mol. The predicted octanol–water partition coefficient (Wildman–Crippen LogP) is 4.74. The number of esters is 1. The Hall–Kier alpha value is -2.54. The molecule has 0 aliphatic heterocycles. The third-order valence-electron chi connectivity index (χ3n) is 4.16. The van der Waals surface area contributed by atoms with Crippen LogP contribution in [0.25, 0.3) is 10.9 Å². The van der Waals surface area contributed by atoms with E-state index in [2.05, 4.69) is 20.9 Å². The number of aromatic amines is 1. The van der Waals surface area contributed by atoms with Crippen LogP contribution in [0.15, 0.2) is 47.1 Å². The maximum Gasteiger partial charge on any atom is 0.313 e. The molecule has 0 spiro atoms. The number of hydrogen-bond acceptors (Lipinski definition) is 3. The third kappa shape index (κ3) is 3.53. The van der Waals surface area contributed by atoms with Crippen molar-refractivity contribution in [1.82, 2.24) is 4.98 Å². The molecule has 0 amide bonds. The van der Waals surface area contributed by atoms with Crippen molar-refractivity contribution in [1.29, 1.82) is 0 Å². The van der Waals surface area contributed by atoms with E-state index in [1.165, 1.54) is 7.11 Å². The lowest BCUT2D eigenvalue weighted by molar-refractivity contribution is -0.142. The Morgan fingerprint density at radius 3 is 2.65 bits per heavy atom. The zero-order valence-electron chi connectivity index (χ0n) is 13.7. The number of benzene rings is 2. The molecule has 0 radical (unpaired) electrons. The van der Waals surface area contributed by atoms with E-state index in [0.29, 0.717) is 11.6 Å². The molecule has 26 heavy (non-hydrogen) atoms. The first-order chi connectivity index (χ1) is 12.4. The van der Waals surface area contributed by atoms with E-state index in [4.69, 9.17) is 4.74 Å². The molecule has 7 heteroatoms. The maximum absolute atomic E-state index is 13.9. The molecule has 2 aromatic carbocycles. The molecule has 0 bridgehead atoms. The smallest absolute Gasteiger partial charge is 0.313 e. The molecule has 3 rings (SSSR count). The quantitative estimate of drug-likeness (QED) is 0.478. The second-order valence-corrected chi connectivity index (χ2v) is 6.68. The van der Waals surface area contributed by atoms with E-state index in [1.807, 2.05) is 18.2 Å². The highest BCUT2D eigenvalue weighted by atomic mass is 79.9. The van der Waals surface area contributed by atoms with E-state index >= 15 is 0 Å². The molecule has 4 nitrogen and oxygen atoms in total. The van der Waals surface area contributed by atoms with E-state index in [1.54, 1.807) is 6.20 Å². The van der Waals surface area contributed by atoms with Crippen LogP contribution in [0.5, 0.6) is 0 Å². The van der Waals surface area contributed by atoms with Crippen LogP contribution in [-0.4, -0.2) is 23.8 Å². The number of ketones is 1. The Bertz CT molecular complexity index is 1000. The molecule has 1 aromatic heterocycles. The van der Waals surface area contributed by atoms with Gasteiger partial charge in [-0.3, -0.25) is 9.59 Å². The van der Waals surface area contributed by atoms with Crippen LogP contribution in [-0.2, 0) is 9.53 Å². The van der Waals surface area contributed by atoms with Gasteiger partial charge < -0.3 is 9.72 Å². The molecular formula is C19H14BrF2NO3. The standard InChI is InChI=1S/C19H14BrF2NO3/c1-26-19(25)14(8-18(24)13-5-3-11(21)7-16(13)22)15-9-23-17-6-10(20)2-4-12(15)17/h2-7,9,14,23H,8H2,1H3. The number of rotatable bonds is 5. The molecule has 0 aliphatic rings. The highest BCUT2D eigenvalue weighted by molar-refractivity contribution is 9.10. The van der Waals surface area contributed by atoms with Crippen molar-refractivity contribution in [2.75, 3.05) is 7.11 Å². The summed E-state index contributed by atoms with van der Waals surface area (Å²) in [6.07, 6.45) is 1.34. The van der Waals surface area contributed by atoms with Gasteiger partial charge in [0, 0.05) is 34.1 Å². The average molecular weight is 422 g/mol. The molecule has 0 aliphatic carbocycles. The lowest BCUT2D eigenvalue weighted by atomic mass is 9.91. The number of Topliss-reactive ketones (excluding diaryl/α,β-unsaturated/α-hetero) is 1. The molecule has 0 saturated heterocycles. The Morgan fingerprint density at radius 2 is 1.96 bits per heavy atom. The summed E-state index contributed by atoms with van der Waals surface area (Å²) in [6, 6.07) is 8.19. The molecule has 1 heterocycles. The second kappa shape index (κ2) is 7.37. The van der Waals surface area contributed by atoms with Crippen molar-refractivity contribution in [2.45, 2.75) is 12.3 Å². The van der Waals surface area contributed by atoms with E-state index in [0.717, 1.165) is 27.5 Å². The molecule has 1 N–H and O–H groups in total. The normalized spacial score (nSPS) is 12.2. The minimum Gasteiger partial charge on any atom is -0.469 e. The van der Waals surface area contributed by atoms with Crippen LogP contribution in [0.3, 0.4) is 0 Å². The average Bonchev–Trinajstić information content (AvgIpc) is 3.01. The van der Waals surface area contributed by atoms with Gasteiger partial charge in [-0.15, -0.1) is 0 Å². The van der Waals surface area contributed by atoms with Crippen LogP contribution in [0.4, 0.5) is 8.78 Å². The summed E-state index contributed by atoms with van der Waals surface area (Å²) in [4.78, 5) is 27.8. The van der Waals surface area contributed by atoms with Gasteiger partial charge in [0.05, 0.1) is 18.6 Å². The number of carbonyl (C=O) groups excluding carboxylic acids is 2. The molecule has 3 aromatic rings. The van der Waals surface area contributed by atoms with Gasteiger partial charge in [0.1, 0.15) is 11.6 Å². The SMILES string of the molecule is COC(=O)C(CC(=O)c1ccc(F)cc1F)c1c[nH]c2cc(Br)ccc12. The summed E-state index contributed by atoms with van der Waals surface area (Å²) in [5, 5.41) is 0.760. The number of H-pyrrole nitrogens is 1. The first-order valence-corrected chi connectivity index (χ1v) is 8.52. The van der Waals surface area contributed by atoms with Gasteiger partial charge in [0.15, 0.2) is 5.78 Å². The zero-order chi connectivity index (χ0) is 18.8. The number of halogens is 3. The number of aromatic nitrogens is 1. The van der Waals surface area contributed by atoms with E-state index < -0.39 is 29.3 Å². The molecule has 134 valence electrons. The first kappa shape index (κ1) is 18.3. The Kier molecular flexibility index (Phi) is 5.18. The number of nitrogens with one attached hydrogen (secondary N) is 1. The van der Waals surface area contributed by atoms with Crippen molar-refractivity contribution in [2.24, 2.45) is 0 Å². The molecule has 0 fully saturated rings. The summed E-state index contributed by atoms with van der Waals surface area (Å²) in [7, 11) is 1.23. The van der Waals surface area contributed by atoms with Crippen LogP contribution >= 0.6 is 15.9 Å². The first-order valence-electron chi connectivity index (χ1n) is 7.73. The number of carbonyl (C=O) groups is 2. The van der Waals surface area contributed by atoms with Gasteiger partial charge in [0.2, 0.25) is 0 Å². The second-order valence-electron chi connectivity index (χ2n) is 5.76. The Morgan fingerprint density at radius 1 is 1.19 bits per heavy atom. The maximum atomic E-state index is 13.9. The van der Waals surface area contributed by atoms with Crippen molar-refractivity contribution in [3.05, 3.63) is 69.8 Å². The third-order valence-corrected chi connectivity index (χ3v) is 4.65. The monoisotopic (exact) mass is 421 g/mol. The molecular weight excluding hydrogens is 408 g/mol. The van der Waals surface area contributed by atoms with Gasteiger partial charge in [-0.05, 0) is 29.8 Å². The molecule has 1 unspecified atom stereocenters. The lowest BCUT2D eigenvalue weighted by Crippen LogP contribution is -2.18. The van der Waals surface area contributed by atoms with Gasteiger partial charge >= 0.3 is 5.97 Å². The van der Waals surface area contributed by atoms with E-state index in [-0.39, 0.29) is 12.0 Å². The summed E-state index contributed by atoms with van der Waals surface area (Å²) in [5.41, 5.74) is 1.10. The Labute approximate surface area is 156 Å². The van der Waals surface area contributed by atoms with Crippen molar-refractivity contribution in [3.63, 3.8) is 0 Å². The number of ether oxygens (including phenoxy) is 1. The largest absolute Gasteiger partial charge is 0.469 e. The summed E-state index contributed by atoms with van der Waals surface area (Å²) in [6.45, 7) is 0. The summed E-state index contributed by atoms with van der Waals surface area (Å²) < 4.78 is 32.6. The van der Waals surface area contributed by atoms with Gasteiger partial charge in [-0.2, -0.15) is 0 Å². The minimum atomic E-state index is -0.957. The number of methoxy groups -OCH3 is 1. The van der Waals surface area contributed by atoms with Gasteiger partial charge in [0.25, 0.3) is 0 Å². The zero-order valence-corrected chi connectivity index (χ0v) is 15.3. The van der Waals surface area contributed by atoms with Crippen LogP contribution in [0.2, 0.25) is 0 Å². The fourth-order valence-electron chi connectivity index (χ4n) is 2.88. The van der Waals surface area contributed by atoms with Crippen molar-refractivity contribution in [3.8, 4) is 0 Å². The topological polar surface area (TPSA) is 59.2 Å².